The van der Waals surface area contributed by atoms with E-state index < -0.39 is 20.8 Å². The molecule has 0 unspecified atom stereocenters. The van der Waals surface area contributed by atoms with Crippen LogP contribution in [0.15, 0.2) is 17.0 Å². The highest BCUT2D eigenvalue weighted by molar-refractivity contribution is 7.86. The number of phenolic OH excluding ortho intramolecular Hbond substituents is 1. The Kier molecular flexibility index (Phi) is 2.96. The number of aromatic hydroxyl groups is 1. The van der Waals surface area contributed by atoms with Gasteiger partial charge in [-0.3, -0.25) is 9.35 Å². The summed E-state index contributed by atoms with van der Waals surface area (Å²) in [6.45, 7) is 0. The Morgan fingerprint density at radius 1 is 1.40 bits per heavy atom. The molecule has 1 rings (SSSR count). The van der Waals surface area contributed by atoms with Crippen LogP contribution in [0, 0.1) is 0 Å². The van der Waals surface area contributed by atoms with Crippen LogP contribution in [0.25, 0.3) is 0 Å². The third-order valence-corrected chi connectivity index (χ3v) is 2.60. The van der Waals surface area contributed by atoms with E-state index >= 15 is 0 Å². The van der Waals surface area contributed by atoms with Gasteiger partial charge in [0.05, 0.1) is 12.7 Å². The van der Waals surface area contributed by atoms with Crippen LogP contribution in [-0.4, -0.2) is 31.5 Å². The van der Waals surface area contributed by atoms with Crippen molar-refractivity contribution in [2.75, 3.05) is 7.11 Å². The second-order valence-corrected chi connectivity index (χ2v) is 4.04. The van der Waals surface area contributed by atoms with E-state index in [1.807, 2.05) is 0 Å². The van der Waals surface area contributed by atoms with Crippen LogP contribution in [0.1, 0.15) is 10.4 Å². The van der Waals surface area contributed by atoms with Gasteiger partial charge in [0, 0.05) is 6.07 Å². The van der Waals surface area contributed by atoms with Crippen LogP contribution in [0.4, 0.5) is 0 Å². The molecule has 0 bridgehead atoms. The quantitative estimate of drug-likeness (QED) is 0.580. The molecule has 6 nitrogen and oxygen atoms in total. The Hall–Kier alpha value is -1.60. The summed E-state index contributed by atoms with van der Waals surface area (Å²) in [6.07, 6.45) is 0.354. The molecule has 15 heavy (non-hydrogen) atoms. The highest BCUT2D eigenvalue weighted by Gasteiger charge is 2.18. The standard InChI is InChI=1S/C8H8O6S/c1-14-7-3-6(10)8(15(11,12)13)2-5(7)4-9/h2-4,10H,1H3,(H,11,12,13). The Labute approximate surface area is 85.9 Å². The van der Waals surface area contributed by atoms with E-state index in [2.05, 4.69) is 0 Å². The van der Waals surface area contributed by atoms with Crippen LogP contribution in [0.5, 0.6) is 11.5 Å². The number of aldehydes is 1. The van der Waals surface area contributed by atoms with Crippen molar-refractivity contribution in [1.29, 1.82) is 0 Å². The molecule has 2 N–H and O–H groups in total. The van der Waals surface area contributed by atoms with Crippen molar-refractivity contribution in [1.82, 2.24) is 0 Å². The minimum atomic E-state index is -4.56. The van der Waals surface area contributed by atoms with Gasteiger partial charge in [-0.2, -0.15) is 8.42 Å². The molecule has 0 amide bonds. The average molecular weight is 232 g/mol. The Morgan fingerprint density at radius 2 is 2.00 bits per heavy atom. The highest BCUT2D eigenvalue weighted by atomic mass is 32.2. The lowest BCUT2D eigenvalue weighted by Gasteiger charge is -2.06. The number of rotatable bonds is 3. The third-order valence-electron chi connectivity index (χ3n) is 1.72. The van der Waals surface area contributed by atoms with E-state index in [0.29, 0.717) is 6.29 Å². The zero-order chi connectivity index (χ0) is 11.6. The Balaban J connectivity index is 3.53. The lowest BCUT2D eigenvalue weighted by Crippen LogP contribution is -2.01. The normalized spacial score (nSPS) is 11.1. The fourth-order valence-corrected chi connectivity index (χ4v) is 1.64. The van der Waals surface area contributed by atoms with Gasteiger partial charge in [-0.1, -0.05) is 0 Å². The summed E-state index contributed by atoms with van der Waals surface area (Å²) in [4.78, 5) is 9.81. The number of ether oxygens (including phenoxy) is 1. The predicted molar refractivity (Wildman–Crippen MR) is 49.9 cm³/mol. The van der Waals surface area contributed by atoms with E-state index in [-0.39, 0.29) is 11.3 Å². The lowest BCUT2D eigenvalue weighted by atomic mass is 10.2. The highest BCUT2D eigenvalue weighted by Crippen LogP contribution is 2.30. The summed E-state index contributed by atoms with van der Waals surface area (Å²) in [5, 5.41) is 9.24. The topological polar surface area (TPSA) is 101 Å². The zero-order valence-corrected chi connectivity index (χ0v) is 8.48. The molecule has 0 aromatic heterocycles. The van der Waals surface area contributed by atoms with Gasteiger partial charge in [-0.05, 0) is 6.07 Å². The second kappa shape index (κ2) is 3.87. The van der Waals surface area contributed by atoms with Gasteiger partial charge in [0.1, 0.15) is 16.4 Å². The summed E-state index contributed by atoms with van der Waals surface area (Å²) in [5.74, 6) is -0.658. The van der Waals surface area contributed by atoms with Gasteiger partial charge in [-0.15, -0.1) is 0 Å². The summed E-state index contributed by atoms with van der Waals surface area (Å²) in [7, 11) is -3.30. The number of methoxy groups -OCH3 is 1. The van der Waals surface area contributed by atoms with Crippen molar-refractivity contribution in [2.45, 2.75) is 4.90 Å². The molecule has 0 saturated heterocycles. The van der Waals surface area contributed by atoms with Crippen LogP contribution < -0.4 is 4.74 Å². The van der Waals surface area contributed by atoms with Gasteiger partial charge in [-0.25, -0.2) is 0 Å². The molecule has 82 valence electrons. The van der Waals surface area contributed by atoms with E-state index in [1.54, 1.807) is 0 Å². The number of benzene rings is 1. The fraction of sp³-hybridized carbons (Fsp3) is 0.125. The molecule has 0 saturated carbocycles. The van der Waals surface area contributed by atoms with Crippen molar-refractivity contribution in [3.05, 3.63) is 17.7 Å². The summed E-state index contributed by atoms with van der Waals surface area (Å²) >= 11 is 0. The van der Waals surface area contributed by atoms with Gasteiger partial charge >= 0.3 is 0 Å². The Morgan fingerprint density at radius 3 is 2.40 bits per heavy atom. The number of hydrogen-bond donors (Lipinski definition) is 2. The third kappa shape index (κ3) is 2.25. The Bertz CT molecular complexity index is 490. The molecule has 7 heteroatoms. The smallest absolute Gasteiger partial charge is 0.298 e. The monoisotopic (exact) mass is 232 g/mol. The molecule has 0 radical (unpaired) electrons. The molecular formula is C8H8O6S. The van der Waals surface area contributed by atoms with Crippen molar-refractivity contribution >= 4 is 16.4 Å². The van der Waals surface area contributed by atoms with E-state index in [9.17, 15) is 18.3 Å². The fourth-order valence-electron chi connectivity index (χ4n) is 1.04. The maximum absolute atomic E-state index is 10.8. The molecule has 0 aliphatic heterocycles. The van der Waals surface area contributed by atoms with Gasteiger partial charge in [0.15, 0.2) is 6.29 Å². The first kappa shape index (κ1) is 11.5. The van der Waals surface area contributed by atoms with Crippen molar-refractivity contribution < 1.29 is 27.6 Å². The largest absolute Gasteiger partial charge is 0.506 e. The summed E-state index contributed by atoms with van der Waals surface area (Å²) in [6, 6.07) is 1.77. The SMILES string of the molecule is COc1cc(O)c(S(=O)(=O)O)cc1C=O. The van der Waals surface area contributed by atoms with Crippen LogP contribution >= 0.6 is 0 Å². The summed E-state index contributed by atoms with van der Waals surface area (Å²) in [5.41, 5.74) is -0.0806. The average Bonchev–Trinajstić information content (AvgIpc) is 2.15. The number of phenols is 1. The number of carbonyl (C=O) groups is 1. The molecule has 0 aliphatic carbocycles. The van der Waals surface area contributed by atoms with Crippen LogP contribution in [0.3, 0.4) is 0 Å². The lowest BCUT2D eigenvalue weighted by molar-refractivity contribution is 0.112. The van der Waals surface area contributed by atoms with Crippen molar-refractivity contribution in [3.63, 3.8) is 0 Å². The first-order chi connectivity index (χ1) is 6.90. The zero-order valence-electron chi connectivity index (χ0n) is 7.67. The molecule has 0 atom stereocenters. The first-order valence-corrected chi connectivity index (χ1v) is 5.18. The van der Waals surface area contributed by atoms with Crippen LogP contribution in [0.2, 0.25) is 0 Å². The van der Waals surface area contributed by atoms with Crippen molar-refractivity contribution in [3.8, 4) is 11.5 Å². The maximum atomic E-state index is 10.8. The van der Waals surface area contributed by atoms with Crippen LogP contribution in [-0.2, 0) is 10.1 Å². The molecule has 1 aromatic carbocycles. The van der Waals surface area contributed by atoms with Gasteiger partial charge in [0.25, 0.3) is 10.1 Å². The summed E-state index contributed by atoms with van der Waals surface area (Å²) < 4.78 is 34.9. The predicted octanol–water partition coefficient (Wildman–Crippen LogP) is 0.460. The second-order valence-electron chi connectivity index (χ2n) is 2.65. The number of carbonyl (C=O) groups excluding carboxylic acids is 1. The minimum Gasteiger partial charge on any atom is -0.506 e. The van der Waals surface area contributed by atoms with E-state index in [4.69, 9.17) is 9.29 Å². The van der Waals surface area contributed by atoms with Crippen molar-refractivity contribution in [2.24, 2.45) is 0 Å². The molecule has 0 spiro atoms. The minimum absolute atomic E-state index is 0.0231. The molecule has 0 fully saturated rings. The maximum Gasteiger partial charge on any atom is 0.298 e. The molecule has 0 aliphatic rings. The van der Waals surface area contributed by atoms with E-state index in [0.717, 1.165) is 12.1 Å². The van der Waals surface area contributed by atoms with Gasteiger partial charge in [0.2, 0.25) is 0 Å². The van der Waals surface area contributed by atoms with Gasteiger partial charge < -0.3 is 9.84 Å². The first-order valence-electron chi connectivity index (χ1n) is 3.74. The molecule has 0 heterocycles. The molecular weight excluding hydrogens is 224 g/mol. The molecule has 1 aromatic rings. The van der Waals surface area contributed by atoms with E-state index in [1.165, 1.54) is 7.11 Å². The number of hydrogen-bond acceptors (Lipinski definition) is 5.